The van der Waals surface area contributed by atoms with E-state index in [-0.39, 0.29) is 12.2 Å². The first-order chi connectivity index (χ1) is 9.08. The highest BCUT2D eigenvalue weighted by molar-refractivity contribution is 6.31. The van der Waals surface area contributed by atoms with Crippen molar-refractivity contribution in [2.75, 3.05) is 0 Å². The topological polar surface area (TPSA) is 81.2 Å². The molecule has 1 aromatic carbocycles. The van der Waals surface area contributed by atoms with Crippen LogP contribution in [0.2, 0.25) is 5.02 Å². The first-order valence-electron chi connectivity index (χ1n) is 5.61. The molecule has 0 radical (unpaired) electrons. The molecule has 0 fully saturated rings. The maximum atomic E-state index is 10.9. The van der Waals surface area contributed by atoms with Crippen LogP contribution in [0.1, 0.15) is 17.2 Å². The lowest BCUT2D eigenvalue weighted by Crippen LogP contribution is -2.14. The minimum absolute atomic E-state index is 0.00332. The summed E-state index contributed by atoms with van der Waals surface area (Å²) in [7, 11) is 0. The molecule has 19 heavy (non-hydrogen) atoms. The second-order valence-electron chi connectivity index (χ2n) is 3.96. The van der Waals surface area contributed by atoms with Crippen molar-refractivity contribution in [1.82, 2.24) is 10.3 Å². The van der Waals surface area contributed by atoms with E-state index in [9.17, 15) is 10.1 Å². The fourth-order valence-corrected chi connectivity index (χ4v) is 1.91. The van der Waals surface area contributed by atoms with Crippen LogP contribution in [0.5, 0.6) is 0 Å². The van der Waals surface area contributed by atoms with Crippen LogP contribution in [-0.4, -0.2) is 9.91 Å². The zero-order valence-corrected chi connectivity index (χ0v) is 11.0. The number of rotatable bonds is 5. The van der Waals surface area contributed by atoms with Gasteiger partial charge in [0.05, 0.1) is 28.3 Å². The summed E-state index contributed by atoms with van der Waals surface area (Å²) in [6, 6.07) is 4.61. The monoisotopic (exact) mass is 281 g/mol. The number of aromatic nitrogens is 1. The number of hydrogen-bond acceptors (Lipinski definition) is 5. The number of nitro benzene ring substituents is 1. The van der Waals surface area contributed by atoms with E-state index in [2.05, 4.69) is 10.3 Å². The molecule has 0 saturated heterocycles. The van der Waals surface area contributed by atoms with Crippen LogP contribution < -0.4 is 5.32 Å². The van der Waals surface area contributed by atoms with Crippen LogP contribution in [0.4, 0.5) is 5.69 Å². The van der Waals surface area contributed by atoms with Gasteiger partial charge in [0.25, 0.3) is 5.69 Å². The number of oxazole rings is 1. The molecule has 2 rings (SSSR count). The normalized spacial score (nSPS) is 10.6. The van der Waals surface area contributed by atoms with Crippen LogP contribution in [0.25, 0.3) is 0 Å². The Morgan fingerprint density at radius 3 is 2.89 bits per heavy atom. The molecule has 0 spiro atoms. The van der Waals surface area contributed by atoms with Gasteiger partial charge >= 0.3 is 0 Å². The van der Waals surface area contributed by atoms with E-state index < -0.39 is 4.92 Å². The van der Waals surface area contributed by atoms with E-state index in [1.54, 1.807) is 25.3 Å². The summed E-state index contributed by atoms with van der Waals surface area (Å²) >= 11 is 5.98. The van der Waals surface area contributed by atoms with Crippen molar-refractivity contribution in [3.63, 3.8) is 0 Å². The van der Waals surface area contributed by atoms with Gasteiger partial charge in [0.15, 0.2) is 0 Å². The Bertz CT molecular complexity index is 598. The fourth-order valence-electron chi connectivity index (χ4n) is 1.67. The predicted octanol–water partition coefficient (Wildman–Crippen LogP) is 2.83. The van der Waals surface area contributed by atoms with Gasteiger partial charge in [-0.2, -0.15) is 0 Å². The van der Waals surface area contributed by atoms with Crippen molar-refractivity contribution in [1.29, 1.82) is 0 Å². The zero-order valence-electron chi connectivity index (χ0n) is 10.2. The third-order valence-corrected chi connectivity index (χ3v) is 2.89. The number of benzene rings is 1. The number of aryl methyl sites for hydroxylation is 1. The Labute approximate surface area is 114 Å². The van der Waals surface area contributed by atoms with E-state index in [0.29, 0.717) is 23.0 Å². The molecular weight excluding hydrogens is 270 g/mol. The number of nitrogens with one attached hydrogen (secondary N) is 1. The number of nitrogens with zero attached hydrogens (tertiary/aromatic N) is 2. The van der Waals surface area contributed by atoms with Gasteiger partial charge in [-0.3, -0.25) is 10.1 Å². The standard InChI is InChI=1S/C12H12ClN3O3/c1-8-5-15-12(19-8)7-14-6-9-10(13)3-2-4-11(9)16(17)18/h2-5,14H,6-7H2,1H3. The molecule has 0 atom stereocenters. The minimum atomic E-state index is -0.446. The minimum Gasteiger partial charge on any atom is -0.445 e. The van der Waals surface area contributed by atoms with Crippen molar-refractivity contribution in [3.8, 4) is 0 Å². The molecule has 0 aliphatic heterocycles. The van der Waals surface area contributed by atoms with E-state index in [1.807, 2.05) is 0 Å². The van der Waals surface area contributed by atoms with Gasteiger partial charge in [-0.1, -0.05) is 17.7 Å². The summed E-state index contributed by atoms with van der Waals surface area (Å²) in [4.78, 5) is 14.5. The van der Waals surface area contributed by atoms with E-state index in [0.717, 1.165) is 5.76 Å². The number of halogens is 1. The largest absolute Gasteiger partial charge is 0.445 e. The first kappa shape index (κ1) is 13.5. The summed E-state index contributed by atoms with van der Waals surface area (Å²) < 4.78 is 5.29. The van der Waals surface area contributed by atoms with E-state index >= 15 is 0 Å². The lowest BCUT2D eigenvalue weighted by molar-refractivity contribution is -0.385. The van der Waals surface area contributed by atoms with E-state index in [4.69, 9.17) is 16.0 Å². The van der Waals surface area contributed by atoms with Crippen molar-refractivity contribution >= 4 is 17.3 Å². The highest BCUT2D eigenvalue weighted by Gasteiger charge is 2.16. The molecule has 0 saturated carbocycles. The summed E-state index contributed by atoms with van der Waals surface area (Å²) in [5.74, 6) is 1.26. The van der Waals surface area contributed by atoms with Gasteiger partial charge in [-0.05, 0) is 13.0 Å². The molecule has 2 aromatic rings. The van der Waals surface area contributed by atoms with Crippen molar-refractivity contribution < 1.29 is 9.34 Å². The van der Waals surface area contributed by atoms with E-state index in [1.165, 1.54) is 6.07 Å². The zero-order chi connectivity index (χ0) is 13.8. The molecule has 1 N–H and O–H groups in total. The Morgan fingerprint density at radius 2 is 2.26 bits per heavy atom. The fraction of sp³-hybridized carbons (Fsp3) is 0.250. The number of hydrogen-bond donors (Lipinski definition) is 1. The van der Waals surface area contributed by atoms with Gasteiger partial charge in [0, 0.05) is 12.6 Å². The predicted molar refractivity (Wildman–Crippen MR) is 69.9 cm³/mol. The van der Waals surface area contributed by atoms with Crippen molar-refractivity contribution in [2.24, 2.45) is 0 Å². The Kier molecular flexibility index (Phi) is 4.13. The molecule has 1 heterocycles. The maximum absolute atomic E-state index is 10.9. The summed E-state index contributed by atoms with van der Waals surface area (Å²) in [6.07, 6.45) is 1.62. The molecule has 0 bridgehead atoms. The number of nitro groups is 1. The average Bonchev–Trinajstić information content (AvgIpc) is 2.77. The van der Waals surface area contributed by atoms with Crippen molar-refractivity contribution in [2.45, 2.75) is 20.0 Å². The SMILES string of the molecule is Cc1cnc(CNCc2c(Cl)cccc2[N+](=O)[O-])o1. The van der Waals surface area contributed by atoms with Gasteiger partial charge in [0.2, 0.25) is 5.89 Å². The summed E-state index contributed by atoms with van der Waals surface area (Å²) in [5, 5.41) is 14.3. The van der Waals surface area contributed by atoms with Gasteiger partial charge in [-0.15, -0.1) is 0 Å². The highest BCUT2D eigenvalue weighted by atomic mass is 35.5. The third-order valence-electron chi connectivity index (χ3n) is 2.54. The lowest BCUT2D eigenvalue weighted by atomic mass is 10.2. The maximum Gasteiger partial charge on any atom is 0.275 e. The van der Waals surface area contributed by atoms with Crippen LogP contribution in [0.15, 0.2) is 28.8 Å². The van der Waals surface area contributed by atoms with Crippen molar-refractivity contribution in [3.05, 3.63) is 56.7 Å². The third kappa shape index (κ3) is 3.30. The molecular formula is C12H12ClN3O3. The van der Waals surface area contributed by atoms with Gasteiger partial charge < -0.3 is 9.73 Å². The Hall–Kier alpha value is -1.92. The molecule has 0 unspecified atom stereocenters. The average molecular weight is 282 g/mol. The van der Waals surface area contributed by atoms with Gasteiger partial charge in [-0.25, -0.2) is 4.98 Å². The highest BCUT2D eigenvalue weighted by Crippen LogP contribution is 2.25. The molecule has 6 nitrogen and oxygen atoms in total. The molecule has 0 aliphatic rings. The second kappa shape index (κ2) is 5.81. The molecule has 0 amide bonds. The molecule has 100 valence electrons. The Balaban J connectivity index is 2.05. The summed E-state index contributed by atoms with van der Waals surface area (Å²) in [5.41, 5.74) is 0.459. The van der Waals surface area contributed by atoms with Crippen LogP contribution in [0, 0.1) is 17.0 Å². The molecule has 7 heteroatoms. The lowest BCUT2D eigenvalue weighted by Gasteiger charge is -2.05. The first-order valence-corrected chi connectivity index (χ1v) is 5.99. The van der Waals surface area contributed by atoms with Gasteiger partial charge in [0.1, 0.15) is 5.76 Å². The second-order valence-corrected chi connectivity index (χ2v) is 4.37. The Morgan fingerprint density at radius 1 is 1.47 bits per heavy atom. The van der Waals surface area contributed by atoms with Crippen LogP contribution >= 0.6 is 11.6 Å². The molecule has 0 aliphatic carbocycles. The summed E-state index contributed by atoms with van der Waals surface area (Å²) in [6.45, 7) is 2.46. The smallest absolute Gasteiger partial charge is 0.275 e. The van der Waals surface area contributed by atoms with Crippen LogP contribution in [0.3, 0.4) is 0 Å². The van der Waals surface area contributed by atoms with Crippen LogP contribution in [-0.2, 0) is 13.1 Å². The molecule has 1 aromatic heterocycles. The quantitative estimate of drug-likeness (QED) is 0.673.